The van der Waals surface area contributed by atoms with Gasteiger partial charge in [-0.3, -0.25) is 9.52 Å². The van der Waals surface area contributed by atoms with E-state index in [1.54, 1.807) is 24.1 Å². The molecule has 0 unspecified atom stereocenters. The lowest BCUT2D eigenvalue weighted by atomic mass is 9.94. The van der Waals surface area contributed by atoms with Crippen molar-refractivity contribution in [2.24, 2.45) is 0 Å². The van der Waals surface area contributed by atoms with Gasteiger partial charge in [0.05, 0.1) is 11.0 Å². The number of likely N-dealkylation sites (N-methyl/N-ethyl adjacent to an activating group) is 1. The zero-order valence-electron chi connectivity index (χ0n) is 18.1. The summed E-state index contributed by atoms with van der Waals surface area (Å²) in [4.78, 5) is 26.3. The van der Waals surface area contributed by atoms with E-state index in [1.165, 1.54) is 36.8 Å². The third-order valence-electron chi connectivity index (χ3n) is 5.46. The summed E-state index contributed by atoms with van der Waals surface area (Å²) in [6.07, 6.45) is 6.88. The van der Waals surface area contributed by atoms with Gasteiger partial charge in [-0.15, -0.1) is 0 Å². The Morgan fingerprint density at radius 2 is 1.69 bits per heavy atom. The predicted molar refractivity (Wildman–Crippen MR) is 124 cm³/mol. The van der Waals surface area contributed by atoms with Gasteiger partial charge in [-0.05, 0) is 48.7 Å². The first kappa shape index (κ1) is 23.5. The van der Waals surface area contributed by atoms with E-state index in [1.807, 2.05) is 18.2 Å². The first-order chi connectivity index (χ1) is 15.3. The van der Waals surface area contributed by atoms with Crippen molar-refractivity contribution in [1.29, 1.82) is 0 Å². The lowest BCUT2D eigenvalue weighted by Gasteiger charge is -2.31. The molecule has 1 fully saturated rings. The maximum atomic E-state index is 12.3. The average molecular weight is 457 g/mol. The van der Waals surface area contributed by atoms with E-state index in [4.69, 9.17) is 4.74 Å². The predicted octanol–water partition coefficient (Wildman–Crippen LogP) is 4.05. The van der Waals surface area contributed by atoms with Crippen LogP contribution in [0.3, 0.4) is 0 Å². The number of rotatable bonds is 8. The highest BCUT2D eigenvalue weighted by atomic mass is 32.2. The number of esters is 1. The van der Waals surface area contributed by atoms with Gasteiger partial charge in [0.1, 0.15) is 0 Å². The number of nitrogens with one attached hydrogen (secondary N) is 1. The molecule has 32 heavy (non-hydrogen) atoms. The molecule has 0 heterocycles. The normalized spacial score (nSPS) is 14.8. The summed E-state index contributed by atoms with van der Waals surface area (Å²) in [5.74, 6) is -0.853. The molecule has 1 aliphatic carbocycles. The Labute approximate surface area is 189 Å². The molecule has 1 amide bonds. The summed E-state index contributed by atoms with van der Waals surface area (Å²) in [5.41, 5.74) is 1.31. The third-order valence-corrected chi connectivity index (χ3v) is 6.48. The van der Waals surface area contributed by atoms with E-state index in [0.29, 0.717) is 5.69 Å². The smallest absolute Gasteiger partial charge is 0.338 e. The summed E-state index contributed by atoms with van der Waals surface area (Å²) in [7, 11) is -1.96. The largest absolute Gasteiger partial charge is 0.452 e. The summed E-state index contributed by atoms with van der Waals surface area (Å²) < 4.78 is 32.0. The van der Waals surface area contributed by atoms with Crippen molar-refractivity contribution in [1.82, 2.24) is 4.90 Å². The van der Waals surface area contributed by atoms with E-state index < -0.39 is 16.0 Å². The fourth-order valence-corrected chi connectivity index (χ4v) is 4.46. The molecule has 7 nitrogen and oxygen atoms in total. The van der Waals surface area contributed by atoms with Crippen LogP contribution >= 0.6 is 0 Å². The van der Waals surface area contributed by atoms with E-state index >= 15 is 0 Å². The minimum Gasteiger partial charge on any atom is -0.452 e. The summed E-state index contributed by atoms with van der Waals surface area (Å²) in [6.45, 7) is -0.315. The van der Waals surface area contributed by atoms with Gasteiger partial charge in [0.2, 0.25) is 0 Å². The van der Waals surface area contributed by atoms with E-state index in [2.05, 4.69) is 4.72 Å². The van der Waals surface area contributed by atoms with Crippen LogP contribution in [0.5, 0.6) is 0 Å². The number of carbonyl (C=O) groups is 2. The molecule has 1 saturated carbocycles. The number of hydrogen-bond acceptors (Lipinski definition) is 5. The van der Waals surface area contributed by atoms with Crippen molar-refractivity contribution in [3.8, 4) is 0 Å². The Morgan fingerprint density at radius 1 is 1.03 bits per heavy atom. The van der Waals surface area contributed by atoms with Gasteiger partial charge < -0.3 is 9.64 Å². The number of sulfonamides is 1. The Kier molecular flexibility index (Phi) is 8.05. The number of amides is 1. The van der Waals surface area contributed by atoms with Gasteiger partial charge in [0.15, 0.2) is 6.61 Å². The van der Waals surface area contributed by atoms with Crippen LogP contribution in [0.2, 0.25) is 0 Å². The number of benzene rings is 2. The number of carbonyl (C=O) groups excluding carboxylic acids is 2. The van der Waals surface area contributed by atoms with Crippen molar-refractivity contribution < 1.29 is 22.7 Å². The molecule has 1 aliphatic rings. The van der Waals surface area contributed by atoms with Crippen molar-refractivity contribution in [3.63, 3.8) is 0 Å². The maximum absolute atomic E-state index is 12.3. The highest BCUT2D eigenvalue weighted by molar-refractivity contribution is 7.95. The molecule has 1 N–H and O–H groups in total. The quantitative estimate of drug-likeness (QED) is 0.605. The van der Waals surface area contributed by atoms with Gasteiger partial charge in [-0.2, -0.15) is 0 Å². The van der Waals surface area contributed by atoms with Crippen LogP contribution in [0.25, 0.3) is 6.08 Å². The van der Waals surface area contributed by atoms with Crippen LogP contribution in [0, 0.1) is 0 Å². The molecule has 0 atom stereocenters. The lowest BCUT2D eigenvalue weighted by Crippen LogP contribution is -2.40. The van der Waals surface area contributed by atoms with Gasteiger partial charge in [-0.1, -0.05) is 49.6 Å². The van der Waals surface area contributed by atoms with Crippen LogP contribution in [0.4, 0.5) is 5.69 Å². The van der Waals surface area contributed by atoms with E-state index in [0.717, 1.165) is 36.7 Å². The standard InChI is InChI=1S/C24H28N2O5S/c1-26(22-10-6-3-7-11-22)23(27)18-31-24(28)20-12-14-21(15-13-20)25-32(29,30)17-16-19-8-4-2-5-9-19/h2,4-5,8-9,12-17,22,25H,3,6-7,10-11,18H2,1H3. The van der Waals surface area contributed by atoms with Crippen LogP contribution in [0.15, 0.2) is 60.0 Å². The summed E-state index contributed by atoms with van der Waals surface area (Å²) in [6, 6.07) is 15.1. The molecule has 0 aliphatic heterocycles. The Morgan fingerprint density at radius 3 is 2.34 bits per heavy atom. The number of hydrogen-bond donors (Lipinski definition) is 1. The fourth-order valence-electron chi connectivity index (χ4n) is 3.59. The molecule has 0 saturated heterocycles. The Bertz CT molecular complexity index is 1040. The zero-order chi connectivity index (χ0) is 23.0. The lowest BCUT2D eigenvalue weighted by molar-refractivity contribution is -0.135. The van der Waals surface area contributed by atoms with Gasteiger partial charge in [-0.25, -0.2) is 13.2 Å². The second kappa shape index (κ2) is 10.9. The van der Waals surface area contributed by atoms with E-state index in [-0.39, 0.29) is 24.1 Å². The van der Waals surface area contributed by atoms with Crippen LogP contribution in [-0.2, 0) is 19.6 Å². The molecule has 0 bridgehead atoms. The summed E-state index contributed by atoms with van der Waals surface area (Å²) >= 11 is 0. The van der Waals surface area contributed by atoms with Gasteiger partial charge >= 0.3 is 5.97 Å². The number of anilines is 1. The zero-order valence-corrected chi connectivity index (χ0v) is 18.9. The molecule has 0 radical (unpaired) electrons. The second-order valence-electron chi connectivity index (χ2n) is 7.81. The SMILES string of the molecule is CN(C(=O)COC(=O)c1ccc(NS(=O)(=O)C=Cc2ccccc2)cc1)C1CCCCC1. The van der Waals surface area contributed by atoms with Crippen LogP contribution in [-0.4, -0.2) is 44.9 Å². The minimum atomic E-state index is -3.70. The first-order valence-electron chi connectivity index (χ1n) is 10.6. The van der Waals surface area contributed by atoms with Crippen LogP contribution < -0.4 is 4.72 Å². The topological polar surface area (TPSA) is 92.8 Å². The highest BCUT2D eigenvalue weighted by Crippen LogP contribution is 2.21. The highest BCUT2D eigenvalue weighted by Gasteiger charge is 2.23. The van der Waals surface area contributed by atoms with E-state index in [9.17, 15) is 18.0 Å². The minimum absolute atomic E-state index is 0.207. The molecule has 0 spiro atoms. The molecule has 2 aromatic carbocycles. The average Bonchev–Trinajstić information content (AvgIpc) is 2.82. The van der Waals surface area contributed by atoms with Crippen LogP contribution in [0.1, 0.15) is 48.0 Å². The molecular formula is C24H28N2O5S. The molecule has 3 rings (SSSR count). The van der Waals surface area contributed by atoms with Crippen molar-refractivity contribution in [2.45, 2.75) is 38.1 Å². The Balaban J connectivity index is 1.51. The molecule has 0 aromatic heterocycles. The Hall–Kier alpha value is -3.13. The van der Waals surface area contributed by atoms with Crippen molar-refractivity contribution >= 4 is 33.7 Å². The van der Waals surface area contributed by atoms with Gasteiger partial charge in [0, 0.05) is 18.8 Å². The summed E-state index contributed by atoms with van der Waals surface area (Å²) in [5, 5.41) is 1.08. The molecule has 8 heteroatoms. The molecule has 2 aromatic rings. The monoisotopic (exact) mass is 456 g/mol. The third kappa shape index (κ3) is 6.95. The molecule has 170 valence electrons. The number of ether oxygens (including phenoxy) is 1. The first-order valence-corrected chi connectivity index (χ1v) is 12.2. The number of nitrogens with zero attached hydrogens (tertiary/aromatic N) is 1. The van der Waals surface area contributed by atoms with Crippen molar-refractivity contribution in [3.05, 3.63) is 71.1 Å². The molecular weight excluding hydrogens is 428 g/mol. The fraction of sp³-hybridized carbons (Fsp3) is 0.333. The van der Waals surface area contributed by atoms with Gasteiger partial charge in [0.25, 0.3) is 15.9 Å². The second-order valence-corrected chi connectivity index (χ2v) is 9.38. The van der Waals surface area contributed by atoms with Crippen molar-refractivity contribution in [2.75, 3.05) is 18.4 Å². The maximum Gasteiger partial charge on any atom is 0.338 e.